The molecule has 2 heterocycles. The van der Waals surface area contributed by atoms with Crippen LogP contribution in [0, 0.1) is 5.92 Å². The molecule has 2 aliphatic rings. The number of carbonyl (C=O) groups is 3. The number of benzene rings is 2. The number of halogens is 1. The van der Waals surface area contributed by atoms with E-state index in [1.807, 2.05) is 36.4 Å². The van der Waals surface area contributed by atoms with Gasteiger partial charge < -0.3 is 15.1 Å². The van der Waals surface area contributed by atoms with Crippen LogP contribution in [0.1, 0.15) is 24.5 Å². The minimum absolute atomic E-state index is 0.0176. The van der Waals surface area contributed by atoms with Crippen LogP contribution in [0.4, 0.5) is 11.4 Å². The zero-order chi connectivity index (χ0) is 20.5. The van der Waals surface area contributed by atoms with Crippen LogP contribution in [0.25, 0.3) is 0 Å². The fourth-order valence-electron chi connectivity index (χ4n) is 3.98. The number of nitrogens with one attached hydrogen (secondary N) is 1. The Morgan fingerprint density at radius 3 is 2.76 bits per heavy atom. The molecule has 0 aliphatic carbocycles. The highest BCUT2D eigenvalue weighted by Gasteiger charge is 2.35. The Balaban J connectivity index is 1.42. The number of fused-ring (bicyclic) bond motifs is 1. The Hall–Kier alpha value is -2.86. The van der Waals surface area contributed by atoms with Gasteiger partial charge in [-0.3, -0.25) is 14.4 Å². The van der Waals surface area contributed by atoms with Gasteiger partial charge in [-0.15, -0.1) is 0 Å². The lowest BCUT2D eigenvalue weighted by Crippen LogP contribution is -2.32. The van der Waals surface area contributed by atoms with E-state index in [1.54, 1.807) is 22.8 Å². The molecule has 0 radical (unpaired) electrons. The molecule has 1 atom stereocenters. The summed E-state index contributed by atoms with van der Waals surface area (Å²) in [6.45, 7) is 2.90. The summed E-state index contributed by atoms with van der Waals surface area (Å²) in [5.74, 6) is -0.593. The minimum atomic E-state index is -0.396. The van der Waals surface area contributed by atoms with Gasteiger partial charge in [0.25, 0.3) is 0 Å². The van der Waals surface area contributed by atoms with Crippen molar-refractivity contribution in [2.75, 3.05) is 22.9 Å². The summed E-state index contributed by atoms with van der Waals surface area (Å²) >= 11 is 6.13. The third-order valence-corrected chi connectivity index (χ3v) is 5.93. The molecule has 1 unspecified atom stereocenters. The largest absolute Gasteiger partial charge is 0.352 e. The molecule has 2 aromatic carbocycles. The zero-order valence-electron chi connectivity index (χ0n) is 16.2. The van der Waals surface area contributed by atoms with E-state index in [0.717, 1.165) is 28.9 Å². The van der Waals surface area contributed by atoms with Crippen LogP contribution in [0.2, 0.25) is 5.02 Å². The fraction of sp³-hybridized carbons (Fsp3) is 0.318. The van der Waals surface area contributed by atoms with Crippen LogP contribution in [-0.4, -0.2) is 30.8 Å². The highest BCUT2D eigenvalue weighted by Crippen LogP contribution is 2.34. The summed E-state index contributed by atoms with van der Waals surface area (Å²) < 4.78 is 0. The van der Waals surface area contributed by atoms with Crippen molar-refractivity contribution in [3.8, 4) is 0 Å². The van der Waals surface area contributed by atoms with Crippen LogP contribution in [-0.2, 0) is 27.3 Å². The van der Waals surface area contributed by atoms with Crippen LogP contribution < -0.4 is 15.1 Å². The van der Waals surface area contributed by atoms with Gasteiger partial charge in [0.05, 0.1) is 5.92 Å². The molecule has 4 rings (SSSR count). The van der Waals surface area contributed by atoms with E-state index in [1.165, 1.54) is 0 Å². The zero-order valence-corrected chi connectivity index (χ0v) is 16.9. The lowest BCUT2D eigenvalue weighted by molar-refractivity contribution is -0.126. The Morgan fingerprint density at radius 1 is 1.21 bits per heavy atom. The van der Waals surface area contributed by atoms with Gasteiger partial charge in [-0.05, 0) is 41.8 Å². The molecular weight excluding hydrogens is 390 g/mol. The summed E-state index contributed by atoms with van der Waals surface area (Å²) in [5, 5.41) is 3.49. The molecule has 0 aromatic heterocycles. The molecule has 2 aromatic rings. The SMILES string of the molecule is CC(=O)N1CCc2cc(N3CC(C(=O)NCc4ccccc4Cl)CC3=O)ccc21. The number of amides is 3. The first-order valence-corrected chi connectivity index (χ1v) is 10.0. The van der Waals surface area contributed by atoms with Crippen LogP contribution in [0.3, 0.4) is 0 Å². The van der Waals surface area contributed by atoms with Crippen LogP contribution in [0.15, 0.2) is 42.5 Å². The molecule has 29 heavy (non-hydrogen) atoms. The van der Waals surface area contributed by atoms with Gasteiger partial charge in [0, 0.05) is 49.4 Å². The average molecular weight is 412 g/mol. The van der Waals surface area contributed by atoms with E-state index in [9.17, 15) is 14.4 Å². The second kappa shape index (κ2) is 7.87. The van der Waals surface area contributed by atoms with Crippen molar-refractivity contribution in [1.29, 1.82) is 0 Å². The standard InChI is InChI=1S/C22H22ClN3O3/c1-14(27)25-9-8-15-10-18(6-7-20(15)25)26-13-17(11-21(26)28)22(29)24-12-16-4-2-3-5-19(16)23/h2-7,10,17H,8-9,11-13H2,1H3,(H,24,29). The van der Waals surface area contributed by atoms with E-state index >= 15 is 0 Å². The second-order valence-electron chi connectivity index (χ2n) is 7.45. The van der Waals surface area contributed by atoms with E-state index in [4.69, 9.17) is 11.6 Å². The number of anilines is 2. The van der Waals surface area contributed by atoms with Gasteiger partial charge in [0.1, 0.15) is 0 Å². The molecule has 2 aliphatic heterocycles. The third-order valence-electron chi connectivity index (χ3n) is 5.56. The molecule has 7 heteroatoms. The summed E-state index contributed by atoms with van der Waals surface area (Å²) in [6.07, 6.45) is 0.956. The van der Waals surface area contributed by atoms with E-state index in [-0.39, 0.29) is 24.1 Å². The maximum atomic E-state index is 12.6. The molecular formula is C22H22ClN3O3. The molecule has 1 fully saturated rings. The maximum Gasteiger partial charge on any atom is 0.227 e. The molecule has 0 spiro atoms. The van der Waals surface area contributed by atoms with E-state index < -0.39 is 5.92 Å². The maximum absolute atomic E-state index is 12.6. The van der Waals surface area contributed by atoms with Gasteiger partial charge in [-0.25, -0.2) is 0 Å². The first-order chi connectivity index (χ1) is 13.9. The highest BCUT2D eigenvalue weighted by atomic mass is 35.5. The Morgan fingerprint density at radius 2 is 2.00 bits per heavy atom. The lowest BCUT2D eigenvalue weighted by Gasteiger charge is -2.19. The predicted octanol–water partition coefficient (Wildman–Crippen LogP) is 2.92. The van der Waals surface area contributed by atoms with E-state index in [2.05, 4.69) is 5.32 Å². The van der Waals surface area contributed by atoms with Crippen molar-refractivity contribution in [2.45, 2.75) is 26.3 Å². The van der Waals surface area contributed by atoms with Crippen LogP contribution >= 0.6 is 11.6 Å². The van der Waals surface area contributed by atoms with Crippen molar-refractivity contribution in [3.63, 3.8) is 0 Å². The van der Waals surface area contributed by atoms with Crippen molar-refractivity contribution < 1.29 is 14.4 Å². The minimum Gasteiger partial charge on any atom is -0.352 e. The first-order valence-electron chi connectivity index (χ1n) is 9.66. The van der Waals surface area contributed by atoms with Gasteiger partial charge in [-0.1, -0.05) is 29.8 Å². The molecule has 6 nitrogen and oxygen atoms in total. The van der Waals surface area contributed by atoms with Gasteiger partial charge in [0.2, 0.25) is 17.7 Å². The van der Waals surface area contributed by atoms with Gasteiger partial charge >= 0.3 is 0 Å². The Bertz CT molecular complexity index is 991. The Labute approximate surface area is 174 Å². The average Bonchev–Trinajstić information content (AvgIpc) is 3.30. The summed E-state index contributed by atoms with van der Waals surface area (Å²) in [5.41, 5.74) is 3.58. The molecule has 1 saturated heterocycles. The van der Waals surface area contributed by atoms with Crippen molar-refractivity contribution in [3.05, 3.63) is 58.6 Å². The normalized spacial score (nSPS) is 18.1. The van der Waals surface area contributed by atoms with Crippen molar-refractivity contribution in [1.82, 2.24) is 5.32 Å². The molecule has 3 amide bonds. The fourth-order valence-corrected chi connectivity index (χ4v) is 4.19. The molecule has 150 valence electrons. The monoisotopic (exact) mass is 411 g/mol. The number of hydrogen-bond donors (Lipinski definition) is 1. The number of carbonyl (C=O) groups excluding carboxylic acids is 3. The van der Waals surface area contributed by atoms with Gasteiger partial charge in [0.15, 0.2) is 0 Å². The van der Waals surface area contributed by atoms with Crippen molar-refractivity contribution >= 4 is 40.7 Å². The van der Waals surface area contributed by atoms with Crippen molar-refractivity contribution in [2.24, 2.45) is 5.92 Å². The molecule has 1 N–H and O–H groups in total. The van der Waals surface area contributed by atoms with Gasteiger partial charge in [-0.2, -0.15) is 0 Å². The quantitative estimate of drug-likeness (QED) is 0.841. The summed E-state index contributed by atoms with van der Waals surface area (Å²) in [4.78, 5) is 40.3. The number of nitrogens with zero attached hydrogens (tertiary/aromatic N) is 2. The predicted molar refractivity (Wildman–Crippen MR) is 112 cm³/mol. The third kappa shape index (κ3) is 3.85. The lowest BCUT2D eigenvalue weighted by atomic mass is 10.1. The highest BCUT2D eigenvalue weighted by molar-refractivity contribution is 6.31. The smallest absolute Gasteiger partial charge is 0.227 e. The van der Waals surface area contributed by atoms with E-state index in [0.29, 0.717) is 24.7 Å². The summed E-state index contributed by atoms with van der Waals surface area (Å²) in [6, 6.07) is 13.1. The second-order valence-corrected chi connectivity index (χ2v) is 7.86. The first kappa shape index (κ1) is 19.5. The number of hydrogen-bond acceptors (Lipinski definition) is 3. The summed E-state index contributed by atoms with van der Waals surface area (Å²) in [7, 11) is 0. The number of rotatable bonds is 4. The topological polar surface area (TPSA) is 69.7 Å². The Kier molecular flexibility index (Phi) is 5.28. The van der Waals surface area contributed by atoms with Crippen LogP contribution in [0.5, 0.6) is 0 Å². The molecule has 0 saturated carbocycles. The molecule has 0 bridgehead atoms.